The second kappa shape index (κ2) is 5.14. The Labute approximate surface area is 118 Å². The van der Waals surface area contributed by atoms with E-state index in [0.717, 1.165) is 17.4 Å². The molecular formula is C18H15N2+. The van der Waals surface area contributed by atoms with Gasteiger partial charge in [0.1, 0.15) is 11.6 Å². The van der Waals surface area contributed by atoms with Gasteiger partial charge in [-0.15, -0.1) is 0 Å². The summed E-state index contributed by atoms with van der Waals surface area (Å²) in [5.41, 5.74) is 4.33. The van der Waals surface area contributed by atoms with E-state index < -0.39 is 0 Å². The molecule has 0 fully saturated rings. The molecule has 2 heteroatoms. The van der Waals surface area contributed by atoms with Crippen molar-refractivity contribution in [1.82, 2.24) is 0 Å². The molecule has 0 amide bonds. The Bertz CT molecular complexity index is 796. The standard InChI is InChI=1S/C18H15N2/c1-14-6-8-15(9-7-14)12-20-13-16(11-19)10-17-4-2-3-5-18(17)20/h2-10,13H,12H2,1H3/q+1. The summed E-state index contributed by atoms with van der Waals surface area (Å²) < 4.78 is 2.14. The van der Waals surface area contributed by atoms with Crippen LogP contribution in [0.5, 0.6) is 0 Å². The summed E-state index contributed by atoms with van der Waals surface area (Å²) in [5.74, 6) is 0. The van der Waals surface area contributed by atoms with Gasteiger partial charge in [-0.3, -0.25) is 0 Å². The van der Waals surface area contributed by atoms with E-state index in [1.807, 2.05) is 30.5 Å². The predicted octanol–water partition coefficient (Wildman–Crippen LogP) is 3.36. The zero-order valence-corrected chi connectivity index (χ0v) is 11.4. The largest absolute Gasteiger partial charge is 0.212 e. The van der Waals surface area contributed by atoms with Gasteiger partial charge < -0.3 is 0 Å². The molecular weight excluding hydrogens is 244 g/mol. The number of aryl methyl sites for hydroxylation is 1. The van der Waals surface area contributed by atoms with Crippen molar-refractivity contribution in [2.24, 2.45) is 0 Å². The zero-order valence-electron chi connectivity index (χ0n) is 11.4. The van der Waals surface area contributed by atoms with E-state index in [2.05, 4.69) is 47.9 Å². The molecule has 0 radical (unpaired) electrons. The normalized spacial score (nSPS) is 10.4. The van der Waals surface area contributed by atoms with Crippen LogP contribution in [0.15, 0.2) is 60.8 Å². The van der Waals surface area contributed by atoms with Crippen molar-refractivity contribution in [2.75, 3.05) is 0 Å². The van der Waals surface area contributed by atoms with Gasteiger partial charge in [0.2, 0.25) is 5.52 Å². The maximum atomic E-state index is 9.16. The summed E-state index contributed by atoms with van der Waals surface area (Å²) in [6, 6.07) is 20.8. The van der Waals surface area contributed by atoms with Gasteiger partial charge in [-0.2, -0.15) is 9.83 Å². The third kappa shape index (κ3) is 2.39. The Morgan fingerprint density at radius 2 is 1.80 bits per heavy atom. The number of hydrogen-bond acceptors (Lipinski definition) is 1. The predicted molar refractivity (Wildman–Crippen MR) is 79.1 cm³/mol. The van der Waals surface area contributed by atoms with Crippen molar-refractivity contribution < 1.29 is 4.57 Å². The van der Waals surface area contributed by atoms with Crippen molar-refractivity contribution in [3.8, 4) is 6.07 Å². The summed E-state index contributed by atoms with van der Waals surface area (Å²) in [6.45, 7) is 2.86. The lowest BCUT2D eigenvalue weighted by Crippen LogP contribution is -2.35. The SMILES string of the molecule is Cc1ccc(C[n+]2cc(C#N)cc3ccccc32)cc1. The van der Waals surface area contributed by atoms with Crippen LogP contribution < -0.4 is 4.57 Å². The molecule has 96 valence electrons. The number of pyridine rings is 1. The van der Waals surface area contributed by atoms with Crippen LogP contribution in [0.4, 0.5) is 0 Å². The van der Waals surface area contributed by atoms with Gasteiger partial charge in [-0.05, 0) is 19.1 Å². The van der Waals surface area contributed by atoms with E-state index in [9.17, 15) is 0 Å². The Morgan fingerprint density at radius 1 is 1.05 bits per heavy atom. The number of nitrogens with zero attached hydrogens (tertiary/aromatic N) is 2. The number of nitriles is 1. The number of aromatic nitrogens is 1. The average molecular weight is 259 g/mol. The minimum absolute atomic E-state index is 0.691. The maximum Gasteiger partial charge on any atom is 0.212 e. The van der Waals surface area contributed by atoms with E-state index >= 15 is 0 Å². The average Bonchev–Trinajstić information content (AvgIpc) is 2.49. The van der Waals surface area contributed by atoms with Gasteiger partial charge in [0.05, 0.1) is 0 Å². The number of fused-ring (bicyclic) bond motifs is 1. The Hall–Kier alpha value is -2.66. The molecule has 3 rings (SSSR count). The molecule has 0 bridgehead atoms. The lowest BCUT2D eigenvalue weighted by molar-refractivity contribution is -0.662. The molecule has 0 unspecified atom stereocenters. The molecule has 20 heavy (non-hydrogen) atoms. The summed E-state index contributed by atoms with van der Waals surface area (Å²) >= 11 is 0. The van der Waals surface area contributed by atoms with Gasteiger partial charge in [0, 0.05) is 17.0 Å². The Morgan fingerprint density at radius 3 is 2.55 bits per heavy atom. The maximum absolute atomic E-state index is 9.16. The van der Waals surface area contributed by atoms with Gasteiger partial charge >= 0.3 is 0 Å². The van der Waals surface area contributed by atoms with Crippen LogP contribution in [0, 0.1) is 18.3 Å². The summed E-state index contributed by atoms with van der Waals surface area (Å²) in [4.78, 5) is 0. The summed E-state index contributed by atoms with van der Waals surface area (Å²) in [7, 11) is 0. The van der Waals surface area contributed by atoms with Crippen molar-refractivity contribution >= 4 is 10.9 Å². The lowest BCUT2D eigenvalue weighted by Gasteiger charge is -2.03. The molecule has 2 aromatic carbocycles. The smallest absolute Gasteiger partial charge is 0.193 e. The van der Waals surface area contributed by atoms with Gasteiger partial charge in [-0.1, -0.05) is 42.0 Å². The Balaban J connectivity index is 2.10. The van der Waals surface area contributed by atoms with Crippen molar-refractivity contribution in [3.63, 3.8) is 0 Å². The molecule has 0 saturated heterocycles. The van der Waals surface area contributed by atoms with Crippen LogP contribution in [-0.2, 0) is 6.54 Å². The molecule has 0 aliphatic rings. The molecule has 3 aromatic rings. The molecule has 0 aliphatic carbocycles. The van der Waals surface area contributed by atoms with Crippen molar-refractivity contribution in [1.29, 1.82) is 5.26 Å². The summed E-state index contributed by atoms with van der Waals surface area (Å²) in [6.07, 6.45) is 1.92. The minimum atomic E-state index is 0.691. The minimum Gasteiger partial charge on any atom is -0.193 e. The Kier molecular flexibility index (Phi) is 3.18. The second-order valence-electron chi connectivity index (χ2n) is 5.01. The van der Waals surface area contributed by atoms with E-state index in [0.29, 0.717) is 5.56 Å². The fraction of sp³-hybridized carbons (Fsp3) is 0.111. The highest BCUT2D eigenvalue weighted by molar-refractivity contribution is 5.76. The molecule has 1 aromatic heterocycles. The summed E-state index contributed by atoms with van der Waals surface area (Å²) in [5, 5.41) is 10.3. The van der Waals surface area contributed by atoms with Gasteiger partial charge in [0.15, 0.2) is 12.7 Å². The van der Waals surface area contributed by atoms with E-state index in [4.69, 9.17) is 5.26 Å². The third-order valence-corrected chi connectivity index (χ3v) is 3.45. The first-order valence-corrected chi connectivity index (χ1v) is 6.64. The fourth-order valence-electron chi connectivity index (χ4n) is 2.40. The molecule has 0 N–H and O–H groups in total. The molecule has 0 atom stereocenters. The fourth-order valence-corrected chi connectivity index (χ4v) is 2.40. The van der Waals surface area contributed by atoms with Crippen LogP contribution in [0.3, 0.4) is 0 Å². The lowest BCUT2D eigenvalue weighted by atomic mass is 10.1. The zero-order chi connectivity index (χ0) is 13.9. The molecule has 0 aliphatic heterocycles. The van der Waals surface area contributed by atoms with Crippen LogP contribution in [0.25, 0.3) is 10.9 Å². The van der Waals surface area contributed by atoms with Crippen LogP contribution in [-0.4, -0.2) is 0 Å². The van der Waals surface area contributed by atoms with E-state index in [1.54, 1.807) is 0 Å². The number of benzene rings is 2. The van der Waals surface area contributed by atoms with Crippen LogP contribution in [0.1, 0.15) is 16.7 Å². The van der Waals surface area contributed by atoms with Crippen molar-refractivity contribution in [3.05, 3.63) is 77.5 Å². The molecule has 2 nitrogen and oxygen atoms in total. The molecule has 1 heterocycles. The number of rotatable bonds is 2. The first kappa shape index (κ1) is 12.4. The first-order chi connectivity index (χ1) is 9.76. The molecule has 0 saturated carbocycles. The third-order valence-electron chi connectivity index (χ3n) is 3.45. The van der Waals surface area contributed by atoms with E-state index in [1.165, 1.54) is 11.1 Å². The first-order valence-electron chi connectivity index (χ1n) is 6.64. The number of para-hydroxylation sites is 1. The van der Waals surface area contributed by atoms with Gasteiger partial charge in [0.25, 0.3) is 0 Å². The van der Waals surface area contributed by atoms with E-state index in [-0.39, 0.29) is 0 Å². The quantitative estimate of drug-likeness (QED) is 0.648. The highest BCUT2D eigenvalue weighted by Gasteiger charge is 2.11. The van der Waals surface area contributed by atoms with Crippen molar-refractivity contribution in [2.45, 2.75) is 13.5 Å². The highest BCUT2D eigenvalue weighted by Crippen LogP contribution is 2.12. The van der Waals surface area contributed by atoms with Crippen LogP contribution in [0.2, 0.25) is 0 Å². The monoisotopic (exact) mass is 259 g/mol. The number of hydrogen-bond donors (Lipinski definition) is 0. The molecule has 0 spiro atoms. The topological polar surface area (TPSA) is 27.7 Å². The second-order valence-corrected chi connectivity index (χ2v) is 5.01. The van der Waals surface area contributed by atoms with Crippen LogP contribution >= 0.6 is 0 Å². The van der Waals surface area contributed by atoms with Gasteiger partial charge in [-0.25, -0.2) is 0 Å². The highest BCUT2D eigenvalue weighted by atomic mass is 14.9.